The molecule has 22 heavy (non-hydrogen) atoms. The lowest BCUT2D eigenvalue weighted by Gasteiger charge is -2.20. The van der Waals surface area contributed by atoms with E-state index in [1.807, 2.05) is 14.0 Å². The van der Waals surface area contributed by atoms with Crippen LogP contribution >= 0.6 is 0 Å². The molecule has 0 aliphatic carbocycles. The van der Waals surface area contributed by atoms with Gasteiger partial charge in [-0.05, 0) is 68.8 Å². The Labute approximate surface area is 133 Å². The van der Waals surface area contributed by atoms with E-state index in [4.69, 9.17) is 4.74 Å². The highest BCUT2D eigenvalue weighted by Gasteiger charge is 2.21. The van der Waals surface area contributed by atoms with Gasteiger partial charge in [-0.3, -0.25) is 4.99 Å². The molecule has 3 nitrogen and oxygen atoms in total. The molecule has 1 aromatic rings. The molecular weight excluding hydrogens is 272 g/mol. The average Bonchev–Trinajstić information content (AvgIpc) is 2.75. The molecule has 0 saturated carbocycles. The first-order chi connectivity index (χ1) is 10.7. The molecule has 1 N–H and O–H groups in total. The summed E-state index contributed by atoms with van der Waals surface area (Å²) in [7, 11) is 1.97. The van der Waals surface area contributed by atoms with Gasteiger partial charge in [-0.25, -0.2) is 0 Å². The molecule has 0 radical (unpaired) electrons. The molecule has 0 aromatic heterocycles. The second-order valence-corrected chi connectivity index (χ2v) is 5.58. The first-order valence-corrected chi connectivity index (χ1v) is 7.91. The highest BCUT2D eigenvalue weighted by molar-refractivity contribution is 5.77. The number of ether oxygens (including phenoxy) is 1. The summed E-state index contributed by atoms with van der Waals surface area (Å²) in [5.41, 5.74) is 6.13. The molecule has 1 heterocycles. The van der Waals surface area contributed by atoms with Gasteiger partial charge in [0.05, 0.1) is 6.10 Å². The molecule has 1 aliphatic rings. The Morgan fingerprint density at radius 3 is 3.00 bits per heavy atom. The minimum atomic E-state index is 0.128. The van der Waals surface area contributed by atoms with E-state index < -0.39 is 0 Å². The van der Waals surface area contributed by atoms with E-state index in [0.717, 1.165) is 31.7 Å². The summed E-state index contributed by atoms with van der Waals surface area (Å²) >= 11 is 0. The second-order valence-electron chi connectivity index (χ2n) is 5.58. The summed E-state index contributed by atoms with van der Waals surface area (Å²) in [5, 5.41) is 3.24. The molecule has 1 aromatic carbocycles. The van der Waals surface area contributed by atoms with Crippen LogP contribution in [0.3, 0.4) is 0 Å². The first kappa shape index (κ1) is 16.7. The summed E-state index contributed by atoms with van der Waals surface area (Å²) in [6.45, 7) is 9.31. The number of nitrogens with one attached hydrogen (secondary N) is 1. The molecule has 1 atom stereocenters. The number of rotatable bonds is 5. The van der Waals surface area contributed by atoms with E-state index in [1.165, 1.54) is 22.3 Å². The summed E-state index contributed by atoms with van der Waals surface area (Å²) in [4.78, 5) is 4.01. The largest absolute Gasteiger partial charge is 0.372 e. The fourth-order valence-corrected chi connectivity index (χ4v) is 2.96. The lowest BCUT2D eigenvalue weighted by molar-refractivity contribution is 0.0579. The fourth-order valence-electron chi connectivity index (χ4n) is 2.96. The normalized spacial score (nSPS) is 19.5. The lowest BCUT2D eigenvalue weighted by Crippen LogP contribution is -2.20. The molecule has 1 aliphatic heterocycles. The Hall–Kier alpha value is -1.71. The van der Waals surface area contributed by atoms with Crippen molar-refractivity contribution in [1.82, 2.24) is 5.32 Å². The predicted octanol–water partition coefficient (Wildman–Crippen LogP) is 3.92. The molecule has 0 saturated heterocycles. The Morgan fingerprint density at radius 1 is 1.50 bits per heavy atom. The third-order valence-electron chi connectivity index (χ3n) is 4.07. The molecule has 0 unspecified atom stereocenters. The van der Waals surface area contributed by atoms with Crippen LogP contribution in [0.15, 0.2) is 41.0 Å². The van der Waals surface area contributed by atoms with Crippen molar-refractivity contribution in [2.75, 3.05) is 20.2 Å². The summed E-state index contributed by atoms with van der Waals surface area (Å²) in [6, 6.07) is 6.52. The van der Waals surface area contributed by atoms with Crippen molar-refractivity contribution < 1.29 is 4.74 Å². The van der Waals surface area contributed by atoms with Crippen molar-refractivity contribution in [3.05, 3.63) is 52.7 Å². The zero-order chi connectivity index (χ0) is 15.9. The predicted molar refractivity (Wildman–Crippen MR) is 94.3 cm³/mol. The first-order valence-electron chi connectivity index (χ1n) is 7.91. The maximum Gasteiger partial charge on any atom is 0.0951 e. The van der Waals surface area contributed by atoms with Crippen molar-refractivity contribution >= 4 is 12.3 Å². The standard InChI is InChI=1S/C19H26N2O/c1-5-15(12-14(2)21-4)16-8-6-9-18-17(16)10-7-11-22-19(18)13-20-3/h5-6,8-9,12,19-20H,4,7,10-11,13H2,1-3H3/b14-12-,15-5+/t19-/m1/s1. The smallest absolute Gasteiger partial charge is 0.0951 e. The summed E-state index contributed by atoms with van der Waals surface area (Å²) in [5.74, 6) is 0. The van der Waals surface area contributed by atoms with Crippen LogP contribution in [-0.4, -0.2) is 26.9 Å². The Morgan fingerprint density at radius 2 is 2.32 bits per heavy atom. The topological polar surface area (TPSA) is 33.6 Å². The van der Waals surface area contributed by atoms with Crippen LogP contribution in [0.25, 0.3) is 5.57 Å². The Kier molecular flexibility index (Phi) is 6.10. The quantitative estimate of drug-likeness (QED) is 0.660. The zero-order valence-corrected chi connectivity index (χ0v) is 13.9. The molecule has 0 amide bonds. The summed E-state index contributed by atoms with van der Waals surface area (Å²) < 4.78 is 6.01. The number of aliphatic imine (C=N–C) groups is 1. The molecule has 118 valence electrons. The number of allylic oxidation sites excluding steroid dienone is 4. The van der Waals surface area contributed by atoms with Crippen molar-refractivity contribution in [3.63, 3.8) is 0 Å². The van der Waals surface area contributed by atoms with Gasteiger partial charge in [0.15, 0.2) is 0 Å². The fraction of sp³-hybridized carbons (Fsp3) is 0.421. The van der Waals surface area contributed by atoms with E-state index >= 15 is 0 Å². The van der Waals surface area contributed by atoms with Gasteiger partial charge in [-0.2, -0.15) is 0 Å². The molecule has 2 rings (SSSR count). The van der Waals surface area contributed by atoms with Crippen molar-refractivity contribution in [3.8, 4) is 0 Å². The molecule has 3 heteroatoms. The molecule has 0 bridgehead atoms. The van der Waals surface area contributed by atoms with Gasteiger partial charge in [0.2, 0.25) is 0 Å². The van der Waals surface area contributed by atoms with Crippen LogP contribution < -0.4 is 5.32 Å². The number of likely N-dealkylation sites (N-methyl/N-ethyl adjacent to an activating group) is 1. The molecule has 0 fully saturated rings. The van der Waals surface area contributed by atoms with Gasteiger partial charge in [0, 0.05) is 18.8 Å². The molecular formula is C19H26N2O. The minimum Gasteiger partial charge on any atom is -0.372 e. The van der Waals surface area contributed by atoms with Crippen molar-refractivity contribution in [2.24, 2.45) is 4.99 Å². The van der Waals surface area contributed by atoms with Crippen LogP contribution in [0.2, 0.25) is 0 Å². The number of hydrogen-bond donors (Lipinski definition) is 1. The summed E-state index contributed by atoms with van der Waals surface area (Å²) in [6.07, 6.45) is 6.48. The van der Waals surface area contributed by atoms with E-state index in [9.17, 15) is 0 Å². The van der Waals surface area contributed by atoms with E-state index in [-0.39, 0.29) is 6.10 Å². The minimum absolute atomic E-state index is 0.128. The van der Waals surface area contributed by atoms with Crippen LogP contribution in [-0.2, 0) is 11.2 Å². The SMILES string of the molecule is C=N/C(C)=C\C(=C/C)c1cccc2c1CCCO[C@@H]2CNC. The van der Waals surface area contributed by atoms with Crippen molar-refractivity contribution in [2.45, 2.75) is 32.8 Å². The van der Waals surface area contributed by atoms with Crippen molar-refractivity contribution in [1.29, 1.82) is 0 Å². The second kappa shape index (κ2) is 8.06. The molecule has 0 spiro atoms. The van der Waals surface area contributed by atoms with Gasteiger partial charge in [0.25, 0.3) is 0 Å². The number of hydrogen-bond acceptors (Lipinski definition) is 3. The van der Waals surface area contributed by atoms with Crippen LogP contribution in [0.4, 0.5) is 0 Å². The van der Waals surface area contributed by atoms with Crippen LogP contribution in [0.5, 0.6) is 0 Å². The maximum atomic E-state index is 6.01. The van der Waals surface area contributed by atoms with Crippen LogP contribution in [0, 0.1) is 0 Å². The maximum absolute atomic E-state index is 6.01. The highest BCUT2D eigenvalue weighted by Crippen LogP contribution is 2.32. The van der Waals surface area contributed by atoms with Gasteiger partial charge in [-0.1, -0.05) is 24.3 Å². The number of nitrogens with zero attached hydrogens (tertiary/aromatic N) is 1. The van der Waals surface area contributed by atoms with Gasteiger partial charge in [0.1, 0.15) is 0 Å². The lowest BCUT2D eigenvalue weighted by atomic mass is 9.90. The van der Waals surface area contributed by atoms with E-state index in [2.05, 4.69) is 54.3 Å². The van der Waals surface area contributed by atoms with Gasteiger partial charge < -0.3 is 10.1 Å². The average molecular weight is 298 g/mol. The third-order valence-corrected chi connectivity index (χ3v) is 4.07. The van der Waals surface area contributed by atoms with Crippen LogP contribution in [0.1, 0.15) is 43.1 Å². The monoisotopic (exact) mass is 298 g/mol. The third kappa shape index (κ3) is 3.73. The Balaban J connectivity index is 2.50. The Bertz CT molecular complexity index is 587. The number of fused-ring (bicyclic) bond motifs is 1. The zero-order valence-electron chi connectivity index (χ0n) is 13.9. The number of benzene rings is 1. The highest BCUT2D eigenvalue weighted by atomic mass is 16.5. The van der Waals surface area contributed by atoms with E-state index in [1.54, 1.807) is 0 Å². The van der Waals surface area contributed by atoms with Gasteiger partial charge in [-0.15, -0.1) is 0 Å². The van der Waals surface area contributed by atoms with E-state index in [0.29, 0.717) is 0 Å². The van der Waals surface area contributed by atoms with Gasteiger partial charge >= 0.3 is 0 Å².